The second-order valence-electron chi connectivity index (χ2n) is 6.64. The molecule has 0 aliphatic heterocycles. The molecule has 4 rings (SSSR count). The number of para-hydroxylation sites is 2. The molecule has 32 heavy (non-hydrogen) atoms. The molecule has 0 aromatic heterocycles. The molecule has 4 aromatic rings. The highest BCUT2D eigenvalue weighted by atomic mass is 16.1. The number of anilines is 2. The topological polar surface area (TPSA) is 108 Å². The van der Waals surface area contributed by atoms with Gasteiger partial charge in [-0.05, 0) is 36.4 Å². The number of nitrogens with one attached hydrogen (secondary N) is 2. The van der Waals surface area contributed by atoms with Crippen molar-refractivity contribution in [2.75, 3.05) is 10.9 Å². The summed E-state index contributed by atoms with van der Waals surface area (Å²) in [5.41, 5.74) is 6.12. The molecule has 2 N–H and O–H groups in total. The first-order valence-electron chi connectivity index (χ1n) is 9.76. The smallest absolute Gasteiger partial charge is 0.237 e. The van der Waals surface area contributed by atoms with E-state index in [4.69, 9.17) is 0 Å². The maximum absolute atomic E-state index is 12.9. The Bertz CT molecular complexity index is 1440. The maximum Gasteiger partial charge on any atom is 0.237 e. The second-order valence-corrected chi connectivity index (χ2v) is 6.64. The van der Waals surface area contributed by atoms with Crippen LogP contribution in [0, 0.1) is 0 Å². The van der Waals surface area contributed by atoms with Crippen molar-refractivity contribution in [3.05, 3.63) is 128 Å². The van der Waals surface area contributed by atoms with Crippen LogP contribution in [0.1, 0.15) is 0 Å². The molecule has 0 radical (unpaired) electrons. The zero-order valence-corrected chi connectivity index (χ0v) is 16.8. The van der Waals surface area contributed by atoms with Crippen molar-refractivity contribution in [3.63, 3.8) is 0 Å². The summed E-state index contributed by atoms with van der Waals surface area (Å²) in [5.74, 6) is 0. The van der Waals surface area contributed by atoms with Gasteiger partial charge in [0, 0.05) is 6.07 Å². The molecule has 0 aliphatic carbocycles. The third-order valence-corrected chi connectivity index (χ3v) is 4.35. The van der Waals surface area contributed by atoms with E-state index in [9.17, 15) is 9.59 Å². The van der Waals surface area contributed by atoms with E-state index in [-0.39, 0.29) is 16.4 Å². The van der Waals surface area contributed by atoms with Gasteiger partial charge in [0.25, 0.3) is 0 Å². The minimum Gasteiger partial charge on any atom is -0.285 e. The van der Waals surface area contributed by atoms with E-state index in [1.165, 1.54) is 6.07 Å². The number of nitrogens with zero attached hydrogens (tertiary/aromatic N) is 4. The zero-order valence-electron chi connectivity index (χ0n) is 16.8. The minimum atomic E-state index is -0.642. The highest BCUT2D eigenvalue weighted by molar-refractivity contribution is 5.43. The van der Waals surface area contributed by atoms with Gasteiger partial charge < -0.3 is 0 Å². The Morgan fingerprint density at radius 1 is 0.562 bits per heavy atom. The lowest BCUT2D eigenvalue weighted by Crippen LogP contribution is -2.48. The number of hydrogen-bond donors (Lipinski definition) is 2. The fourth-order valence-electron chi connectivity index (χ4n) is 2.74. The van der Waals surface area contributed by atoms with Gasteiger partial charge in [0.2, 0.25) is 10.9 Å². The SMILES string of the molecule is O=c1c(N=Nc2ccccc2)cc(=NNc2ccccc2)c(=O)c1=NNc1ccccc1. The lowest BCUT2D eigenvalue weighted by Gasteiger charge is -2.00. The molecule has 0 bridgehead atoms. The van der Waals surface area contributed by atoms with Gasteiger partial charge in [-0.15, -0.1) is 5.11 Å². The van der Waals surface area contributed by atoms with Crippen LogP contribution in [0.3, 0.4) is 0 Å². The molecule has 0 spiro atoms. The van der Waals surface area contributed by atoms with Gasteiger partial charge >= 0.3 is 0 Å². The second kappa shape index (κ2) is 9.86. The molecule has 0 fully saturated rings. The quantitative estimate of drug-likeness (QED) is 0.366. The predicted molar refractivity (Wildman–Crippen MR) is 123 cm³/mol. The Morgan fingerprint density at radius 2 is 1.09 bits per heavy atom. The van der Waals surface area contributed by atoms with Crippen LogP contribution in [0.2, 0.25) is 0 Å². The Balaban J connectivity index is 1.81. The van der Waals surface area contributed by atoms with E-state index in [0.717, 1.165) is 0 Å². The van der Waals surface area contributed by atoms with Crippen LogP contribution in [0.15, 0.2) is 127 Å². The molecule has 8 heteroatoms. The number of benzene rings is 4. The van der Waals surface area contributed by atoms with Crippen molar-refractivity contribution < 1.29 is 0 Å². The summed E-state index contributed by atoms with van der Waals surface area (Å²) in [4.78, 5) is 25.8. The number of azo groups is 1. The van der Waals surface area contributed by atoms with Crippen LogP contribution in [0.4, 0.5) is 22.7 Å². The summed E-state index contributed by atoms with van der Waals surface area (Å²) in [6.45, 7) is 0. The van der Waals surface area contributed by atoms with Gasteiger partial charge in [-0.2, -0.15) is 15.3 Å². The third-order valence-electron chi connectivity index (χ3n) is 4.35. The first-order valence-corrected chi connectivity index (χ1v) is 9.76. The first kappa shape index (κ1) is 20.5. The van der Waals surface area contributed by atoms with Gasteiger partial charge in [-0.3, -0.25) is 20.4 Å². The first-order chi connectivity index (χ1) is 15.7. The van der Waals surface area contributed by atoms with E-state index in [0.29, 0.717) is 17.1 Å². The van der Waals surface area contributed by atoms with Gasteiger partial charge in [0.1, 0.15) is 11.0 Å². The van der Waals surface area contributed by atoms with Crippen LogP contribution in [-0.4, -0.2) is 0 Å². The van der Waals surface area contributed by atoms with Crippen molar-refractivity contribution in [2.24, 2.45) is 20.4 Å². The predicted octanol–water partition coefficient (Wildman–Crippen LogP) is 3.55. The van der Waals surface area contributed by atoms with E-state index >= 15 is 0 Å². The Kier molecular flexibility index (Phi) is 6.33. The van der Waals surface area contributed by atoms with Crippen molar-refractivity contribution in [3.8, 4) is 0 Å². The van der Waals surface area contributed by atoms with Crippen molar-refractivity contribution in [2.45, 2.75) is 0 Å². The average molecular weight is 422 g/mol. The standard InChI is InChI=1S/C24H18N6O2/c31-23-20(28-25-17-10-4-1-5-11-17)16-21(29-26-18-12-6-2-7-13-18)24(32)22(23)30-27-19-14-8-3-9-15-19/h1-16,25,27H. The normalized spacial score (nSPS) is 12.2. The lowest BCUT2D eigenvalue weighted by atomic mass is 10.2. The fraction of sp³-hybridized carbons (Fsp3) is 0. The molecule has 0 saturated carbocycles. The molecule has 156 valence electrons. The Labute approximate surface area is 182 Å². The van der Waals surface area contributed by atoms with Crippen LogP contribution in [0.5, 0.6) is 0 Å². The third kappa shape index (κ3) is 5.06. The maximum atomic E-state index is 12.9. The van der Waals surface area contributed by atoms with Crippen LogP contribution < -0.4 is 32.4 Å². The molecular formula is C24H18N6O2. The Hall–Kier alpha value is -4.72. The number of rotatable bonds is 6. The average Bonchev–Trinajstić information content (AvgIpc) is 2.85. The van der Waals surface area contributed by atoms with Crippen molar-refractivity contribution in [1.82, 2.24) is 0 Å². The van der Waals surface area contributed by atoms with E-state index in [2.05, 4.69) is 31.3 Å². The molecule has 4 aromatic carbocycles. The van der Waals surface area contributed by atoms with Gasteiger partial charge in [-0.1, -0.05) is 54.6 Å². The minimum absolute atomic E-state index is 0.0101. The van der Waals surface area contributed by atoms with Crippen LogP contribution >= 0.6 is 0 Å². The number of hydrogen-bond acceptors (Lipinski definition) is 8. The molecule has 8 nitrogen and oxygen atoms in total. The molecule has 0 aliphatic rings. The van der Waals surface area contributed by atoms with E-state index < -0.39 is 10.9 Å². The van der Waals surface area contributed by atoms with Crippen LogP contribution in [0.25, 0.3) is 0 Å². The largest absolute Gasteiger partial charge is 0.285 e. The van der Waals surface area contributed by atoms with Gasteiger partial charge in [0.05, 0.1) is 17.1 Å². The molecular weight excluding hydrogens is 404 g/mol. The van der Waals surface area contributed by atoms with Crippen molar-refractivity contribution >= 4 is 22.7 Å². The van der Waals surface area contributed by atoms with Crippen LogP contribution in [-0.2, 0) is 0 Å². The molecule has 0 heterocycles. The lowest BCUT2D eigenvalue weighted by molar-refractivity contribution is 1.09. The zero-order chi connectivity index (χ0) is 22.2. The summed E-state index contributed by atoms with van der Waals surface area (Å²) in [6, 6.07) is 28.4. The van der Waals surface area contributed by atoms with Gasteiger partial charge in [-0.25, -0.2) is 0 Å². The summed E-state index contributed by atoms with van der Waals surface area (Å²) in [7, 11) is 0. The van der Waals surface area contributed by atoms with Crippen molar-refractivity contribution in [1.29, 1.82) is 0 Å². The highest BCUT2D eigenvalue weighted by Crippen LogP contribution is 2.13. The highest BCUT2D eigenvalue weighted by Gasteiger charge is 2.09. The Morgan fingerprint density at radius 3 is 1.69 bits per heavy atom. The fourth-order valence-corrected chi connectivity index (χ4v) is 2.74. The molecule has 0 amide bonds. The summed E-state index contributed by atoms with van der Waals surface area (Å²) in [5, 5.41) is 16.0. The molecule has 0 atom stereocenters. The van der Waals surface area contributed by atoms with E-state index in [1.807, 2.05) is 54.6 Å². The van der Waals surface area contributed by atoms with E-state index in [1.54, 1.807) is 36.4 Å². The monoisotopic (exact) mass is 422 g/mol. The molecule has 0 unspecified atom stereocenters. The summed E-state index contributed by atoms with van der Waals surface area (Å²) < 4.78 is 0. The molecule has 0 saturated heterocycles. The summed E-state index contributed by atoms with van der Waals surface area (Å²) >= 11 is 0. The van der Waals surface area contributed by atoms with Gasteiger partial charge in [0.15, 0.2) is 5.36 Å². The summed E-state index contributed by atoms with van der Waals surface area (Å²) in [6.07, 6.45) is 0.